The predicted octanol–water partition coefficient (Wildman–Crippen LogP) is 3.05. The molecule has 2 rings (SSSR count). The fourth-order valence-corrected chi connectivity index (χ4v) is 2.74. The van der Waals surface area contributed by atoms with Gasteiger partial charge in [0.2, 0.25) is 5.91 Å². The van der Waals surface area contributed by atoms with Gasteiger partial charge in [-0.15, -0.1) is 0 Å². The van der Waals surface area contributed by atoms with Crippen molar-refractivity contribution < 1.29 is 31.1 Å². The highest BCUT2D eigenvalue weighted by Crippen LogP contribution is 2.36. The van der Waals surface area contributed by atoms with Crippen molar-refractivity contribution in [2.24, 2.45) is 0 Å². The maximum absolute atomic E-state index is 13.0. The summed E-state index contributed by atoms with van der Waals surface area (Å²) in [5.74, 6) is -0.922. The van der Waals surface area contributed by atoms with Crippen molar-refractivity contribution >= 4 is 11.6 Å². The van der Waals surface area contributed by atoms with Crippen LogP contribution in [0.2, 0.25) is 0 Å². The first-order chi connectivity index (χ1) is 11.8. The largest absolute Gasteiger partial charge is 0.417 e. The predicted molar refractivity (Wildman–Crippen MR) is 78.6 cm³/mol. The molecule has 2 unspecified atom stereocenters. The van der Waals surface area contributed by atoms with Gasteiger partial charge in [0.05, 0.1) is 17.2 Å². The molecule has 0 spiro atoms. The quantitative estimate of drug-likeness (QED) is 0.774. The lowest BCUT2D eigenvalue weighted by atomic mass is 9.94. The molecule has 142 valence electrons. The maximum atomic E-state index is 13.0. The van der Waals surface area contributed by atoms with Crippen LogP contribution in [-0.2, 0) is 11.0 Å². The number of halogens is 6. The minimum Gasteiger partial charge on any atom is -0.324 e. The van der Waals surface area contributed by atoms with Crippen molar-refractivity contribution in [3.63, 3.8) is 0 Å². The van der Waals surface area contributed by atoms with Gasteiger partial charge in [-0.05, 0) is 25.1 Å². The second-order valence-corrected chi connectivity index (χ2v) is 6.14. The summed E-state index contributed by atoms with van der Waals surface area (Å²) in [4.78, 5) is 12.4. The first-order valence-corrected chi connectivity index (χ1v) is 7.28. The Morgan fingerprint density at radius 3 is 2.42 bits per heavy atom. The van der Waals surface area contributed by atoms with Crippen molar-refractivity contribution in [3.05, 3.63) is 29.3 Å². The van der Waals surface area contributed by atoms with Gasteiger partial charge in [0.25, 0.3) is 0 Å². The van der Waals surface area contributed by atoms with Gasteiger partial charge in [-0.1, -0.05) is 0 Å². The number of hydrogen-bond acceptors (Lipinski definition) is 4. The van der Waals surface area contributed by atoms with Crippen LogP contribution in [0.3, 0.4) is 0 Å². The normalized spacial score (nSPS) is 24.3. The number of nitrogens with one attached hydrogen (secondary N) is 2. The second kappa shape index (κ2) is 6.44. The van der Waals surface area contributed by atoms with Crippen LogP contribution in [-0.4, -0.2) is 35.7 Å². The van der Waals surface area contributed by atoms with E-state index in [0.717, 1.165) is 24.2 Å². The summed E-state index contributed by atoms with van der Waals surface area (Å²) in [6, 6.07) is 2.01. The minimum absolute atomic E-state index is 0.275. The molecule has 1 aliphatic heterocycles. The number of carbonyl (C=O) groups excluding carboxylic acids is 1. The molecule has 0 aromatic heterocycles. The third kappa shape index (κ3) is 3.91. The van der Waals surface area contributed by atoms with E-state index in [-0.39, 0.29) is 5.69 Å². The Labute approximate surface area is 144 Å². The lowest BCUT2D eigenvalue weighted by Crippen LogP contribution is -2.51. The van der Waals surface area contributed by atoms with Gasteiger partial charge >= 0.3 is 12.4 Å². The lowest BCUT2D eigenvalue weighted by Gasteiger charge is -2.24. The molecule has 1 amide bonds. The van der Waals surface area contributed by atoms with Gasteiger partial charge in [-0.3, -0.25) is 4.79 Å². The van der Waals surface area contributed by atoms with E-state index < -0.39 is 47.4 Å². The lowest BCUT2D eigenvalue weighted by molar-refractivity contribution is -0.176. The molecule has 1 aliphatic rings. The summed E-state index contributed by atoms with van der Waals surface area (Å²) in [6.45, 7) is 1.22. The summed E-state index contributed by atoms with van der Waals surface area (Å²) in [5.41, 5.74) is -1.41. The molecular weight excluding hydrogens is 366 g/mol. The van der Waals surface area contributed by atoms with Gasteiger partial charge in [0.15, 0.2) is 0 Å². The van der Waals surface area contributed by atoms with Crippen molar-refractivity contribution in [1.82, 2.24) is 10.4 Å². The minimum atomic E-state index is -4.82. The number of anilines is 1. The van der Waals surface area contributed by atoms with E-state index in [2.05, 4.69) is 10.7 Å². The molecule has 1 heterocycles. The molecule has 1 aromatic carbocycles. The molecule has 2 atom stereocenters. The Morgan fingerprint density at radius 2 is 1.96 bits per heavy atom. The topological polar surface area (TPSA) is 68.2 Å². The molecule has 0 bridgehead atoms. The Balaban J connectivity index is 2.24. The van der Waals surface area contributed by atoms with Gasteiger partial charge < -0.3 is 5.32 Å². The van der Waals surface area contributed by atoms with Crippen LogP contribution in [0, 0.1) is 11.3 Å². The highest BCUT2D eigenvalue weighted by atomic mass is 19.4. The maximum Gasteiger partial charge on any atom is 0.417 e. The van der Waals surface area contributed by atoms with E-state index in [1.807, 2.05) is 0 Å². The Hall–Kier alpha value is -2.32. The van der Waals surface area contributed by atoms with Crippen molar-refractivity contribution in [3.8, 4) is 6.07 Å². The first kappa shape index (κ1) is 20.0. The number of nitriles is 1. The zero-order valence-electron chi connectivity index (χ0n) is 13.6. The van der Waals surface area contributed by atoms with E-state index in [4.69, 9.17) is 5.26 Å². The molecule has 11 heteroatoms. The number of nitrogens with zero attached hydrogens (tertiary/aromatic N) is 2. The van der Waals surface area contributed by atoms with E-state index in [0.29, 0.717) is 6.07 Å². The number of hydrazine groups is 1. The van der Waals surface area contributed by atoms with Crippen LogP contribution in [0.25, 0.3) is 0 Å². The second-order valence-electron chi connectivity index (χ2n) is 6.14. The van der Waals surface area contributed by atoms with Crippen LogP contribution in [0.15, 0.2) is 18.2 Å². The van der Waals surface area contributed by atoms with Crippen LogP contribution in [0.4, 0.5) is 32.0 Å². The third-order valence-corrected chi connectivity index (χ3v) is 4.07. The first-order valence-electron chi connectivity index (χ1n) is 7.28. The third-order valence-electron chi connectivity index (χ3n) is 4.07. The summed E-state index contributed by atoms with van der Waals surface area (Å²) < 4.78 is 77.7. The van der Waals surface area contributed by atoms with Crippen molar-refractivity contribution in [2.75, 3.05) is 12.4 Å². The van der Waals surface area contributed by atoms with Crippen molar-refractivity contribution in [2.45, 2.75) is 37.3 Å². The number of carbonyl (C=O) groups is 1. The Bertz CT molecular complexity index is 754. The molecule has 1 aromatic rings. The average Bonchev–Trinajstić information content (AvgIpc) is 2.83. The van der Waals surface area contributed by atoms with Gasteiger partial charge in [0.1, 0.15) is 11.6 Å². The van der Waals surface area contributed by atoms with Crippen molar-refractivity contribution in [1.29, 1.82) is 5.26 Å². The smallest absolute Gasteiger partial charge is 0.324 e. The Kier molecular flexibility index (Phi) is 4.95. The number of benzene rings is 1. The molecule has 0 aliphatic carbocycles. The summed E-state index contributed by atoms with van der Waals surface area (Å²) in [5, 5.41) is 11.7. The molecule has 1 saturated heterocycles. The van der Waals surface area contributed by atoms with Crippen LogP contribution in [0.1, 0.15) is 24.5 Å². The molecule has 26 heavy (non-hydrogen) atoms. The van der Waals surface area contributed by atoms with E-state index in [1.165, 1.54) is 13.0 Å². The van der Waals surface area contributed by atoms with Gasteiger partial charge in [-0.2, -0.15) is 31.6 Å². The number of alkyl halides is 6. The number of rotatable bonds is 2. The SMILES string of the molecule is CN1NC(C)(C(=O)Nc2ccc(C#N)c(C(F)(F)F)c2)CC1C(F)(F)F. The van der Waals surface area contributed by atoms with E-state index in [9.17, 15) is 31.1 Å². The highest BCUT2D eigenvalue weighted by Gasteiger charge is 2.54. The molecule has 5 nitrogen and oxygen atoms in total. The average molecular weight is 380 g/mol. The molecule has 0 radical (unpaired) electrons. The summed E-state index contributed by atoms with van der Waals surface area (Å²) >= 11 is 0. The monoisotopic (exact) mass is 380 g/mol. The summed E-state index contributed by atoms with van der Waals surface area (Å²) in [7, 11) is 1.13. The van der Waals surface area contributed by atoms with E-state index >= 15 is 0 Å². The van der Waals surface area contributed by atoms with Crippen LogP contribution >= 0.6 is 0 Å². The molecule has 0 saturated carbocycles. The number of amides is 1. The molecular formula is C15H14F6N4O. The molecule has 2 N–H and O–H groups in total. The van der Waals surface area contributed by atoms with E-state index in [1.54, 1.807) is 0 Å². The Morgan fingerprint density at radius 1 is 1.35 bits per heavy atom. The fraction of sp³-hybridized carbons (Fsp3) is 0.467. The molecule has 1 fully saturated rings. The van der Waals surface area contributed by atoms with Crippen LogP contribution < -0.4 is 10.7 Å². The zero-order valence-corrected chi connectivity index (χ0v) is 13.6. The number of hydrogen-bond donors (Lipinski definition) is 2. The van der Waals surface area contributed by atoms with Gasteiger partial charge in [-0.25, -0.2) is 10.4 Å². The highest BCUT2D eigenvalue weighted by molar-refractivity contribution is 5.98. The summed E-state index contributed by atoms with van der Waals surface area (Å²) in [6.07, 6.45) is -10.00. The van der Waals surface area contributed by atoms with Crippen LogP contribution in [0.5, 0.6) is 0 Å². The zero-order chi connectivity index (χ0) is 19.9. The van der Waals surface area contributed by atoms with Gasteiger partial charge in [0, 0.05) is 19.2 Å². The standard InChI is InChI=1S/C15H14F6N4O/c1-13(6-11(15(19,20)21)25(2)24-13)12(26)23-9-4-3-8(7-22)10(5-9)14(16,17)18/h3-5,11,24H,6H2,1-2H3,(H,23,26). The fourth-order valence-electron chi connectivity index (χ4n) is 2.74.